The second-order valence-electron chi connectivity index (χ2n) is 5.91. The van der Waals surface area contributed by atoms with Crippen molar-refractivity contribution in [2.45, 2.75) is 39.2 Å². The first-order chi connectivity index (χ1) is 11.1. The van der Waals surface area contributed by atoms with Gasteiger partial charge in [0.05, 0.1) is 13.0 Å². The van der Waals surface area contributed by atoms with E-state index in [1.165, 1.54) is 0 Å². The zero-order valence-corrected chi connectivity index (χ0v) is 14.3. The molecule has 0 radical (unpaired) electrons. The van der Waals surface area contributed by atoms with Gasteiger partial charge in [-0.3, -0.25) is 4.79 Å². The minimum atomic E-state index is -0.0303. The predicted octanol–water partition coefficient (Wildman–Crippen LogP) is 2.77. The van der Waals surface area contributed by atoms with Gasteiger partial charge >= 0.3 is 6.01 Å². The fraction of sp³-hybridized carbons (Fsp3) is 0.471. The third-order valence-electron chi connectivity index (χ3n) is 3.87. The highest BCUT2D eigenvalue weighted by Crippen LogP contribution is 2.18. The number of piperidine rings is 1. The number of rotatable bonds is 4. The van der Waals surface area contributed by atoms with Crippen LogP contribution in [0.25, 0.3) is 0 Å². The molecule has 3 heterocycles. The molecule has 1 amide bonds. The van der Waals surface area contributed by atoms with Gasteiger partial charge < -0.3 is 9.64 Å². The summed E-state index contributed by atoms with van der Waals surface area (Å²) in [4.78, 5) is 24.1. The molecule has 1 aliphatic heterocycles. The van der Waals surface area contributed by atoms with Crippen LogP contribution in [0.2, 0.25) is 0 Å². The summed E-state index contributed by atoms with van der Waals surface area (Å²) in [6.45, 7) is 5.27. The molecule has 0 bridgehead atoms. The molecule has 122 valence electrons. The van der Waals surface area contributed by atoms with Crippen LogP contribution in [0, 0.1) is 13.8 Å². The molecule has 3 rings (SSSR count). The zero-order valence-electron chi connectivity index (χ0n) is 13.5. The maximum Gasteiger partial charge on any atom is 0.317 e. The summed E-state index contributed by atoms with van der Waals surface area (Å²) in [5, 5.41) is 2.00. The van der Waals surface area contributed by atoms with Crippen LogP contribution in [0.3, 0.4) is 0 Å². The van der Waals surface area contributed by atoms with Crippen LogP contribution in [0.1, 0.15) is 29.1 Å². The van der Waals surface area contributed by atoms with Crippen molar-refractivity contribution in [3.63, 3.8) is 0 Å². The second kappa shape index (κ2) is 7.08. The predicted molar refractivity (Wildman–Crippen MR) is 89.8 cm³/mol. The second-order valence-corrected chi connectivity index (χ2v) is 6.94. The van der Waals surface area contributed by atoms with Crippen molar-refractivity contribution in [2.75, 3.05) is 13.1 Å². The average molecular weight is 331 g/mol. The molecule has 23 heavy (non-hydrogen) atoms. The molecular weight excluding hydrogens is 310 g/mol. The smallest absolute Gasteiger partial charge is 0.317 e. The van der Waals surface area contributed by atoms with Crippen molar-refractivity contribution in [3.8, 4) is 6.01 Å². The molecule has 0 aliphatic carbocycles. The Bertz CT molecular complexity index is 652. The Balaban J connectivity index is 1.60. The zero-order chi connectivity index (χ0) is 16.2. The van der Waals surface area contributed by atoms with E-state index in [0.717, 1.165) is 35.7 Å². The SMILES string of the molecule is Cc1cc(C)nc(OC2CCCN(C(=O)Cc3cccs3)C2)n1. The summed E-state index contributed by atoms with van der Waals surface area (Å²) in [5.74, 6) is 0.169. The van der Waals surface area contributed by atoms with Gasteiger partial charge in [-0.2, -0.15) is 0 Å². The summed E-state index contributed by atoms with van der Waals surface area (Å²) in [5.41, 5.74) is 1.79. The van der Waals surface area contributed by atoms with Gasteiger partial charge in [0.15, 0.2) is 0 Å². The highest BCUT2D eigenvalue weighted by atomic mass is 32.1. The van der Waals surface area contributed by atoms with E-state index in [0.29, 0.717) is 19.0 Å². The number of aryl methyl sites for hydroxylation is 2. The number of aromatic nitrogens is 2. The fourth-order valence-electron chi connectivity index (χ4n) is 2.83. The third kappa shape index (κ3) is 4.28. The lowest BCUT2D eigenvalue weighted by atomic mass is 10.1. The van der Waals surface area contributed by atoms with Crippen LogP contribution in [-0.2, 0) is 11.2 Å². The van der Waals surface area contributed by atoms with Crippen molar-refractivity contribution >= 4 is 17.2 Å². The van der Waals surface area contributed by atoms with Gasteiger partial charge in [0.25, 0.3) is 0 Å². The van der Waals surface area contributed by atoms with Crippen molar-refractivity contribution in [1.29, 1.82) is 0 Å². The highest BCUT2D eigenvalue weighted by Gasteiger charge is 2.25. The van der Waals surface area contributed by atoms with Crippen LogP contribution in [0.15, 0.2) is 23.6 Å². The van der Waals surface area contributed by atoms with E-state index in [9.17, 15) is 4.79 Å². The molecule has 1 atom stereocenters. The van der Waals surface area contributed by atoms with Gasteiger partial charge in [0.2, 0.25) is 5.91 Å². The molecule has 0 saturated carbocycles. The van der Waals surface area contributed by atoms with Crippen LogP contribution < -0.4 is 4.74 Å². The van der Waals surface area contributed by atoms with E-state index in [-0.39, 0.29) is 12.0 Å². The van der Waals surface area contributed by atoms with E-state index in [2.05, 4.69) is 9.97 Å². The normalized spacial score (nSPS) is 18.0. The lowest BCUT2D eigenvalue weighted by Crippen LogP contribution is -2.45. The number of carbonyl (C=O) groups is 1. The van der Waals surface area contributed by atoms with Gasteiger partial charge in [-0.05, 0) is 44.2 Å². The number of amides is 1. The summed E-state index contributed by atoms with van der Waals surface area (Å²) < 4.78 is 5.92. The summed E-state index contributed by atoms with van der Waals surface area (Å²) in [7, 11) is 0. The van der Waals surface area contributed by atoms with Crippen molar-refractivity contribution in [3.05, 3.63) is 39.8 Å². The van der Waals surface area contributed by atoms with Crippen molar-refractivity contribution < 1.29 is 9.53 Å². The van der Waals surface area contributed by atoms with Crippen LogP contribution >= 0.6 is 11.3 Å². The quantitative estimate of drug-likeness (QED) is 0.864. The number of hydrogen-bond acceptors (Lipinski definition) is 5. The van der Waals surface area contributed by atoms with Crippen molar-refractivity contribution in [2.24, 2.45) is 0 Å². The number of thiophene rings is 1. The van der Waals surface area contributed by atoms with Gasteiger partial charge in [0.1, 0.15) is 6.10 Å². The Morgan fingerprint density at radius 2 is 2.17 bits per heavy atom. The van der Waals surface area contributed by atoms with Crippen LogP contribution in [-0.4, -0.2) is 40.0 Å². The maximum atomic E-state index is 12.4. The third-order valence-corrected chi connectivity index (χ3v) is 4.75. The number of hydrogen-bond donors (Lipinski definition) is 0. The fourth-order valence-corrected chi connectivity index (χ4v) is 3.53. The molecule has 1 saturated heterocycles. The van der Waals surface area contributed by atoms with Gasteiger partial charge in [-0.1, -0.05) is 6.07 Å². The summed E-state index contributed by atoms with van der Waals surface area (Å²) in [6.07, 6.45) is 2.33. The monoisotopic (exact) mass is 331 g/mol. The highest BCUT2D eigenvalue weighted by molar-refractivity contribution is 7.10. The lowest BCUT2D eigenvalue weighted by molar-refractivity contribution is -0.133. The molecule has 1 unspecified atom stereocenters. The molecular formula is C17H21N3O2S. The summed E-state index contributed by atoms with van der Waals surface area (Å²) in [6, 6.07) is 6.32. The first-order valence-electron chi connectivity index (χ1n) is 7.89. The first kappa shape index (κ1) is 15.9. The van der Waals surface area contributed by atoms with Crippen LogP contribution in [0.4, 0.5) is 0 Å². The molecule has 2 aromatic heterocycles. The lowest BCUT2D eigenvalue weighted by Gasteiger charge is -2.32. The summed E-state index contributed by atoms with van der Waals surface area (Å²) >= 11 is 1.62. The minimum Gasteiger partial charge on any atom is -0.458 e. The topological polar surface area (TPSA) is 55.3 Å². The van der Waals surface area contributed by atoms with E-state index >= 15 is 0 Å². The van der Waals surface area contributed by atoms with Gasteiger partial charge in [0, 0.05) is 22.8 Å². The minimum absolute atomic E-state index is 0.0303. The maximum absolute atomic E-state index is 12.4. The van der Waals surface area contributed by atoms with Gasteiger partial charge in [-0.15, -0.1) is 11.3 Å². The number of likely N-dealkylation sites (tertiary alicyclic amines) is 1. The van der Waals surface area contributed by atoms with E-state index < -0.39 is 0 Å². The molecule has 2 aromatic rings. The van der Waals surface area contributed by atoms with Gasteiger partial charge in [-0.25, -0.2) is 9.97 Å². The van der Waals surface area contributed by atoms with Crippen molar-refractivity contribution in [1.82, 2.24) is 14.9 Å². The molecule has 0 aromatic carbocycles. The molecule has 1 fully saturated rings. The van der Waals surface area contributed by atoms with E-state index in [4.69, 9.17) is 4.74 Å². The van der Waals surface area contributed by atoms with E-state index in [1.54, 1.807) is 11.3 Å². The molecule has 0 spiro atoms. The Morgan fingerprint density at radius 1 is 1.39 bits per heavy atom. The Labute approximate surface area is 140 Å². The molecule has 5 nitrogen and oxygen atoms in total. The van der Waals surface area contributed by atoms with E-state index in [1.807, 2.05) is 42.3 Å². The first-order valence-corrected chi connectivity index (χ1v) is 8.77. The number of ether oxygens (including phenoxy) is 1. The number of nitrogens with zero attached hydrogens (tertiary/aromatic N) is 3. The Morgan fingerprint density at radius 3 is 2.87 bits per heavy atom. The average Bonchev–Trinajstić information content (AvgIpc) is 2.99. The molecule has 0 N–H and O–H groups in total. The molecule has 6 heteroatoms. The molecule has 1 aliphatic rings. The Hall–Kier alpha value is -1.95. The Kier molecular flexibility index (Phi) is 4.91. The van der Waals surface area contributed by atoms with Crippen LogP contribution in [0.5, 0.6) is 6.01 Å². The largest absolute Gasteiger partial charge is 0.458 e. The number of carbonyl (C=O) groups excluding carboxylic acids is 1. The standard InChI is InChI=1S/C17H21N3O2S/c1-12-9-13(2)19-17(18-12)22-14-5-3-7-20(11-14)16(21)10-15-6-4-8-23-15/h4,6,8-9,14H,3,5,7,10-11H2,1-2H3.